The van der Waals surface area contributed by atoms with Crippen LogP contribution in [-0.4, -0.2) is 36.7 Å². The summed E-state index contributed by atoms with van der Waals surface area (Å²) in [6, 6.07) is 7.10. The Hall–Kier alpha value is -1.85. The molecule has 4 atom stereocenters. The van der Waals surface area contributed by atoms with Crippen LogP contribution in [0.5, 0.6) is 0 Å². The minimum atomic E-state index is -0.725. The first kappa shape index (κ1) is 15.7. The summed E-state index contributed by atoms with van der Waals surface area (Å²) in [5.41, 5.74) is 0.0337. The van der Waals surface area contributed by atoms with E-state index in [0.717, 1.165) is 12.1 Å². The van der Waals surface area contributed by atoms with Crippen LogP contribution in [0.15, 0.2) is 36.4 Å². The highest BCUT2D eigenvalue weighted by atomic mass is 35.5. The van der Waals surface area contributed by atoms with Crippen LogP contribution in [0.1, 0.15) is 13.3 Å². The van der Waals surface area contributed by atoms with Gasteiger partial charge in [0, 0.05) is 10.7 Å². The van der Waals surface area contributed by atoms with Gasteiger partial charge in [0.1, 0.15) is 11.5 Å². The molecule has 0 aromatic heterocycles. The predicted octanol–water partition coefficient (Wildman–Crippen LogP) is 2.58. The van der Waals surface area contributed by atoms with E-state index in [4.69, 9.17) is 21.1 Å². The Kier molecular flexibility index (Phi) is 3.66. The molecule has 3 aliphatic rings. The highest BCUT2D eigenvalue weighted by Crippen LogP contribution is 2.52. The molecule has 1 aromatic carbocycles. The maximum atomic E-state index is 13.0. The van der Waals surface area contributed by atoms with Gasteiger partial charge in [0.2, 0.25) is 5.91 Å². The summed E-state index contributed by atoms with van der Waals surface area (Å²) in [5, 5.41) is 0.613. The maximum absolute atomic E-state index is 13.0. The molecule has 126 valence electrons. The van der Waals surface area contributed by atoms with Gasteiger partial charge in [0.25, 0.3) is 0 Å². The third-order valence-electron chi connectivity index (χ3n) is 4.96. The molecule has 1 spiro atoms. The van der Waals surface area contributed by atoms with Crippen molar-refractivity contribution in [2.45, 2.75) is 25.0 Å². The van der Waals surface area contributed by atoms with E-state index in [9.17, 15) is 9.59 Å². The lowest BCUT2D eigenvalue weighted by Crippen LogP contribution is -2.40. The minimum absolute atomic E-state index is 0.0948. The second kappa shape index (κ2) is 5.60. The number of hydrogen-bond donors (Lipinski definition) is 0. The van der Waals surface area contributed by atoms with Crippen molar-refractivity contribution in [3.63, 3.8) is 0 Å². The van der Waals surface area contributed by atoms with Gasteiger partial charge >= 0.3 is 5.97 Å². The molecular weight excluding hydrogens is 330 g/mol. The fraction of sp³-hybridized carbons (Fsp3) is 0.444. The Morgan fingerprint density at radius 1 is 1.42 bits per heavy atom. The van der Waals surface area contributed by atoms with Crippen molar-refractivity contribution in [2.24, 2.45) is 11.8 Å². The van der Waals surface area contributed by atoms with E-state index < -0.39 is 17.4 Å². The number of halogens is 1. The molecule has 24 heavy (non-hydrogen) atoms. The van der Waals surface area contributed by atoms with Crippen molar-refractivity contribution in [3.8, 4) is 0 Å². The molecule has 0 N–H and O–H groups in total. The molecule has 2 fully saturated rings. The summed E-state index contributed by atoms with van der Waals surface area (Å²) in [6.45, 7) is 2.71. The van der Waals surface area contributed by atoms with Crippen LogP contribution in [0.3, 0.4) is 0 Å². The van der Waals surface area contributed by atoms with E-state index in [2.05, 4.69) is 0 Å². The first-order chi connectivity index (χ1) is 11.6. The van der Waals surface area contributed by atoms with E-state index in [0.29, 0.717) is 18.2 Å². The van der Waals surface area contributed by atoms with Crippen LogP contribution in [-0.2, 0) is 19.1 Å². The molecule has 2 saturated heterocycles. The molecule has 3 aliphatic heterocycles. The van der Waals surface area contributed by atoms with Crippen molar-refractivity contribution in [2.75, 3.05) is 18.1 Å². The van der Waals surface area contributed by atoms with Crippen molar-refractivity contribution < 1.29 is 19.1 Å². The average Bonchev–Trinajstić information content (AvgIpc) is 3.22. The highest BCUT2D eigenvalue weighted by Gasteiger charge is 2.67. The largest absolute Gasteiger partial charge is 0.465 e. The maximum Gasteiger partial charge on any atom is 0.312 e. The molecule has 0 saturated carbocycles. The average molecular weight is 348 g/mol. The Balaban J connectivity index is 1.64. The van der Waals surface area contributed by atoms with Crippen molar-refractivity contribution in [1.82, 2.24) is 0 Å². The first-order valence-corrected chi connectivity index (χ1v) is 8.54. The van der Waals surface area contributed by atoms with Gasteiger partial charge in [-0.1, -0.05) is 30.7 Å². The zero-order chi connectivity index (χ0) is 16.9. The predicted molar refractivity (Wildman–Crippen MR) is 88.8 cm³/mol. The van der Waals surface area contributed by atoms with E-state index in [1.807, 2.05) is 19.1 Å². The second-order valence-corrected chi connectivity index (χ2v) is 6.90. The quantitative estimate of drug-likeness (QED) is 0.620. The number of carbonyl (C=O) groups is 2. The number of anilines is 1. The van der Waals surface area contributed by atoms with Gasteiger partial charge in [-0.15, -0.1) is 0 Å². The minimum Gasteiger partial charge on any atom is -0.465 e. The molecule has 0 aliphatic carbocycles. The zero-order valence-corrected chi connectivity index (χ0v) is 14.0. The third kappa shape index (κ3) is 2.19. The third-order valence-corrected chi connectivity index (χ3v) is 5.21. The van der Waals surface area contributed by atoms with Crippen LogP contribution < -0.4 is 4.90 Å². The summed E-state index contributed by atoms with van der Waals surface area (Å²) in [6.07, 6.45) is 4.20. The van der Waals surface area contributed by atoms with Crippen molar-refractivity contribution in [1.29, 1.82) is 0 Å². The second-order valence-electron chi connectivity index (χ2n) is 6.47. The van der Waals surface area contributed by atoms with Crippen LogP contribution >= 0.6 is 11.6 Å². The summed E-state index contributed by atoms with van der Waals surface area (Å²) >= 11 is 5.92. The Morgan fingerprint density at radius 2 is 2.17 bits per heavy atom. The molecule has 0 radical (unpaired) electrons. The smallest absolute Gasteiger partial charge is 0.312 e. The standard InChI is InChI=1S/C18H18ClNO4/c1-2-9-23-17(22)14-13-7-8-18(24-13)10-20(16(21)15(14)18)12-5-3-11(19)4-6-12/h3-8,13-15H,2,9-10H2,1H3. The summed E-state index contributed by atoms with van der Waals surface area (Å²) in [4.78, 5) is 27.1. The van der Waals surface area contributed by atoms with Crippen LogP contribution in [0.2, 0.25) is 5.02 Å². The number of esters is 1. The topological polar surface area (TPSA) is 55.8 Å². The van der Waals surface area contributed by atoms with Gasteiger partial charge in [-0.2, -0.15) is 0 Å². The molecule has 1 amide bonds. The van der Waals surface area contributed by atoms with E-state index in [1.54, 1.807) is 29.2 Å². The van der Waals surface area contributed by atoms with Crippen LogP contribution in [0.25, 0.3) is 0 Å². The van der Waals surface area contributed by atoms with Gasteiger partial charge in [0.15, 0.2) is 0 Å². The monoisotopic (exact) mass is 347 g/mol. The highest BCUT2D eigenvalue weighted by molar-refractivity contribution is 6.30. The molecule has 4 unspecified atom stereocenters. The lowest BCUT2D eigenvalue weighted by atomic mass is 9.77. The number of rotatable bonds is 4. The van der Waals surface area contributed by atoms with Gasteiger partial charge in [-0.05, 0) is 30.7 Å². The lowest BCUT2D eigenvalue weighted by Gasteiger charge is -2.22. The Bertz CT molecular complexity index is 716. The number of nitrogens with zero attached hydrogens (tertiary/aromatic N) is 1. The number of ether oxygens (including phenoxy) is 2. The molecule has 3 heterocycles. The number of carbonyl (C=O) groups excluding carboxylic acids is 2. The molecule has 5 nitrogen and oxygen atoms in total. The summed E-state index contributed by atoms with van der Waals surface area (Å²) in [5.74, 6) is -1.52. The number of amides is 1. The first-order valence-electron chi connectivity index (χ1n) is 8.16. The fourth-order valence-corrected chi connectivity index (χ4v) is 4.03. The van der Waals surface area contributed by atoms with E-state index in [1.165, 1.54) is 0 Å². The Morgan fingerprint density at radius 3 is 2.88 bits per heavy atom. The zero-order valence-electron chi connectivity index (χ0n) is 13.3. The van der Waals surface area contributed by atoms with Crippen molar-refractivity contribution >= 4 is 29.2 Å². The fourth-order valence-electron chi connectivity index (χ4n) is 3.91. The Labute approximate surface area is 145 Å². The SMILES string of the molecule is CCCOC(=O)C1C2C=CC3(CN(c4ccc(Cl)cc4)C(=O)C13)O2. The number of hydrogen-bond acceptors (Lipinski definition) is 4. The molecular formula is C18H18ClNO4. The van der Waals surface area contributed by atoms with Gasteiger partial charge in [0.05, 0.1) is 25.2 Å². The molecule has 1 aromatic rings. The van der Waals surface area contributed by atoms with Gasteiger partial charge < -0.3 is 14.4 Å². The molecule has 4 rings (SSSR count). The van der Waals surface area contributed by atoms with Gasteiger partial charge in [-0.25, -0.2) is 0 Å². The normalized spacial score (nSPS) is 33.2. The summed E-state index contributed by atoms with van der Waals surface area (Å²) < 4.78 is 11.3. The van der Waals surface area contributed by atoms with Crippen molar-refractivity contribution in [3.05, 3.63) is 41.4 Å². The van der Waals surface area contributed by atoms with Crippen LogP contribution in [0, 0.1) is 11.8 Å². The van der Waals surface area contributed by atoms with E-state index >= 15 is 0 Å². The summed E-state index contributed by atoms with van der Waals surface area (Å²) in [7, 11) is 0. The van der Waals surface area contributed by atoms with Gasteiger partial charge in [-0.3, -0.25) is 9.59 Å². The lowest BCUT2D eigenvalue weighted by molar-refractivity contribution is -0.152. The molecule has 6 heteroatoms. The number of benzene rings is 1. The van der Waals surface area contributed by atoms with Crippen LogP contribution in [0.4, 0.5) is 5.69 Å². The molecule has 2 bridgehead atoms. The number of fused-ring (bicyclic) bond motifs is 1. The van der Waals surface area contributed by atoms with E-state index in [-0.39, 0.29) is 18.0 Å².